The van der Waals surface area contributed by atoms with Crippen LogP contribution in [-0.4, -0.2) is 0 Å². The van der Waals surface area contributed by atoms with Gasteiger partial charge in [0.05, 0.1) is 3.57 Å². The lowest BCUT2D eigenvalue weighted by Gasteiger charge is -2.25. The van der Waals surface area contributed by atoms with Crippen LogP contribution in [0.3, 0.4) is 0 Å². The monoisotopic (exact) mass is 294 g/mol. The lowest BCUT2D eigenvalue weighted by molar-refractivity contribution is 0.415. The molecular formula is C10H9F2I. The van der Waals surface area contributed by atoms with E-state index in [-0.39, 0.29) is 3.57 Å². The van der Waals surface area contributed by atoms with Gasteiger partial charge in [0, 0.05) is 0 Å². The molecule has 1 aromatic rings. The molecule has 0 nitrogen and oxygen atoms in total. The van der Waals surface area contributed by atoms with E-state index < -0.39 is 11.6 Å². The second-order valence-electron chi connectivity index (χ2n) is 3.43. The maximum atomic E-state index is 13.1. The first kappa shape index (κ1) is 9.37. The third-order valence-electron chi connectivity index (χ3n) is 2.58. The Bertz CT molecular complexity index is 309. The van der Waals surface area contributed by atoms with Gasteiger partial charge in [-0.1, -0.05) is 6.42 Å². The van der Waals surface area contributed by atoms with Gasteiger partial charge in [-0.3, -0.25) is 0 Å². The van der Waals surface area contributed by atoms with Gasteiger partial charge in [-0.05, 0) is 59.0 Å². The molecule has 1 fully saturated rings. The molecule has 0 spiro atoms. The van der Waals surface area contributed by atoms with Crippen LogP contribution >= 0.6 is 22.6 Å². The molecular weight excluding hydrogens is 285 g/mol. The van der Waals surface area contributed by atoms with Crippen molar-refractivity contribution >= 4 is 22.6 Å². The maximum Gasteiger partial charge on any atom is 0.139 e. The minimum atomic E-state index is -0.428. The van der Waals surface area contributed by atoms with E-state index in [1.165, 1.54) is 18.6 Å². The fraction of sp³-hybridized carbons (Fsp3) is 0.400. The third-order valence-corrected chi connectivity index (χ3v) is 3.61. The first-order valence-corrected chi connectivity index (χ1v) is 5.41. The molecule has 0 atom stereocenters. The molecule has 0 unspecified atom stereocenters. The second-order valence-corrected chi connectivity index (χ2v) is 4.51. The molecule has 0 amide bonds. The van der Waals surface area contributed by atoms with Crippen LogP contribution < -0.4 is 0 Å². The van der Waals surface area contributed by atoms with Crippen LogP contribution in [-0.2, 0) is 0 Å². The van der Waals surface area contributed by atoms with Gasteiger partial charge >= 0.3 is 0 Å². The summed E-state index contributed by atoms with van der Waals surface area (Å²) >= 11 is 1.69. The summed E-state index contributed by atoms with van der Waals surface area (Å²) in [7, 11) is 0. The van der Waals surface area contributed by atoms with E-state index >= 15 is 0 Å². The summed E-state index contributed by atoms with van der Waals surface area (Å²) in [6.07, 6.45) is 3.32. The van der Waals surface area contributed by atoms with Crippen molar-refractivity contribution < 1.29 is 8.78 Å². The molecule has 0 heterocycles. The summed E-state index contributed by atoms with van der Waals surface area (Å²) in [4.78, 5) is 0. The van der Waals surface area contributed by atoms with Crippen LogP contribution in [0.5, 0.6) is 0 Å². The Hall–Kier alpha value is -0.190. The molecule has 2 rings (SSSR count). The Morgan fingerprint density at radius 3 is 2.08 bits per heavy atom. The molecule has 0 aliphatic heterocycles. The largest absolute Gasteiger partial charge is 0.206 e. The van der Waals surface area contributed by atoms with Crippen LogP contribution in [0.2, 0.25) is 0 Å². The highest BCUT2D eigenvalue weighted by Gasteiger charge is 2.21. The fourth-order valence-corrected chi connectivity index (χ4v) is 1.86. The molecule has 0 N–H and O–H groups in total. The number of benzene rings is 1. The van der Waals surface area contributed by atoms with E-state index in [2.05, 4.69) is 0 Å². The summed E-state index contributed by atoms with van der Waals surface area (Å²) in [6, 6.07) is 2.93. The standard InChI is InChI=1S/C10H9F2I/c11-8-4-7(6-2-1-3-6)5-9(12)10(8)13/h4-6H,1-3H2. The van der Waals surface area contributed by atoms with Crippen molar-refractivity contribution in [3.05, 3.63) is 32.9 Å². The Morgan fingerprint density at radius 1 is 1.15 bits per heavy atom. The third kappa shape index (κ3) is 1.71. The smallest absolute Gasteiger partial charge is 0.139 e. The normalized spacial score (nSPS) is 17.2. The minimum absolute atomic E-state index is 0.0978. The summed E-state index contributed by atoms with van der Waals surface area (Å²) in [5.41, 5.74) is 0.821. The van der Waals surface area contributed by atoms with E-state index in [1.807, 2.05) is 0 Å². The Labute approximate surface area is 89.5 Å². The van der Waals surface area contributed by atoms with Gasteiger partial charge in [0.25, 0.3) is 0 Å². The predicted molar refractivity (Wildman–Crippen MR) is 55.7 cm³/mol. The van der Waals surface area contributed by atoms with Crippen molar-refractivity contribution in [1.29, 1.82) is 0 Å². The van der Waals surface area contributed by atoms with Crippen LogP contribution in [0.15, 0.2) is 12.1 Å². The quantitative estimate of drug-likeness (QED) is 0.545. The predicted octanol–water partition coefficient (Wildman–Crippen LogP) is 3.84. The SMILES string of the molecule is Fc1cc(C2CCC2)cc(F)c1I. The topological polar surface area (TPSA) is 0 Å². The Kier molecular flexibility index (Phi) is 2.53. The van der Waals surface area contributed by atoms with E-state index in [9.17, 15) is 8.78 Å². The summed E-state index contributed by atoms with van der Waals surface area (Å²) in [6.45, 7) is 0. The molecule has 0 saturated heterocycles. The zero-order valence-corrected chi connectivity index (χ0v) is 9.14. The molecule has 1 saturated carbocycles. The molecule has 3 heteroatoms. The zero-order valence-electron chi connectivity index (χ0n) is 6.99. The number of hydrogen-bond acceptors (Lipinski definition) is 0. The van der Waals surface area contributed by atoms with E-state index in [1.54, 1.807) is 22.6 Å². The molecule has 0 aromatic heterocycles. The number of halogens is 3. The second kappa shape index (κ2) is 3.52. The van der Waals surface area contributed by atoms with Crippen LogP contribution in [0.4, 0.5) is 8.78 Å². The van der Waals surface area contributed by atoms with Gasteiger partial charge in [0.1, 0.15) is 11.6 Å². The van der Waals surface area contributed by atoms with Crippen molar-refractivity contribution in [2.45, 2.75) is 25.2 Å². The van der Waals surface area contributed by atoms with Gasteiger partial charge in [0.15, 0.2) is 0 Å². The highest BCUT2D eigenvalue weighted by atomic mass is 127. The van der Waals surface area contributed by atoms with Gasteiger partial charge in [0.2, 0.25) is 0 Å². The van der Waals surface area contributed by atoms with Crippen LogP contribution in [0.1, 0.15) is 30.7 Å². The summed E-state index contributed by atoms with van der Waals surface area (Å²) < 4.78 is 26.3. The molecule has 1 aromatic carbocycles. The van der Waals surface area contributed by atoms with Crippen molar-refractivity contribution in [2.24, 2.45) is 0 Å². The molecule has 1 aliphatic rings. The van der Waals surface area contributed by atoms with Crippen LogP contribution in [0.25, 0.3) is 0 Å². The van der Waals surface area contributed by atoms with Crippen molar-refractivity contribution in [2.75, 3.05) is 0 Å². The van der Waals surface area contributed by atoms with Gasteiger partial charge < -0.3 is 0 Å². The molecule has 70 valence electrons. The average Bonchev–Trinajstić information content (AvgIpc) is 1.96. The van der Waals surface area contributed by atoms with Crippen molar-refractivity contribution in [1.82, 2.24) is 0 Å². The van der Waals surface area contributed by atoms with E-state index in [0.29, 0.717) is 5.92 Å². The van der Waals surface area contributed by atoms with Gasteiger partial charge in [-0.15, -0.1) is 0 Å². The maximum absolute atomic E-state index is 13.1. The molecule has 0 bridgehead atoms. The zero-order chi connectivity index (χ0) is 9.42. The molecule has 13 heavy (non-hydrogen) atoms. The summed E-state index contributed by atoms with van der Waals surface area (Å²) in [5.74, 6) is -0.467. The Balaban J connectivity index is 2.37. The first-order chi connectivity index (χ1) is 6.18. The van der Waals surface area contributed by atoms with Gasteiger partial charge in [-0.25, -0.2) is 8.78 Å². The lowest BCUT2D eigenvalue weighted by Crippen LogP contribution is -2.09. The molecule has 1 aliphatic carbocycles. The summed E-state index contributed by atoms with van der Waals surface area (Å²) in [5, 5.41) is 0. The van der Waals surface area contributed by atoms with E-state index in [4.69, 9.17) is 0 Å². The fourth-order valence-electron chi connectivity index (χ4n) is 1.55. The highest BCUT2D eigenvalue weighted by molar-refractivity contribution is 14.1. The lowest BCUT2D eigenvalue weighted by atomic mass is 9.80. The van der Waals surface area contributed by atoms with Crippen molar-refractivity contribution in [3.8, 4) is 0 Å². The number of hydrogen-bond donors (Lipinski definition) is 0. The average molecular weight is 294 g/mol. The Morgan fingerprint density at radius 2 is 1.69 bits per heavy atom. The van der Waals surface area contributed by atoms with Crippen LogP contribution in [0, 0.1) is 15.2 Å². The minimum Gasteiger partial charge on any atom is -0.206 e. The molecule has 0 radical (unpaired) electrons. The van der Waals surface area contributed by atoms with Gasteiger partial charge in [-0.2, -0.15) is 0 Å². The number of rotatable bonds is 1. The highest BCUT2D eigenvalue weighted by Crippen LogP contribution is 2.37. The first-order valence-electron chi connectivity index (χ1n) is 4.33. The van der Waals surface area contributed by atoms with E-state index in [0.717, 1.165) is 18.4 Å². The van der Waals surface area contributed by atoms with Crippen molar-refractivity contribution in [3.63, 3.8) is 0 Å².